The van der Waals surface area contributed by atoms with Crippen LogP contribution in [0.3, 0.4) is 0 Å². The number of carboxylic acids is 1. The smallest absolute Gasteiger partial charge is 0.330 e. The Balaban J connectivity index is 1.87. The minimum absolute atomic E-state index is 0.0923. The molecule has 0 radical (unpaired) electrons. The highest BCUT2D eigenvalue weighted by molar-refractivity contribution is 14.1. The van der Waals surface area contributed by atoms with Gasteiger partial charge in [0.15, 0.2) is 0 Å². The van der Waals surface area contributed by atoms with E-state index >= 15 is 0 Å². The number of rotatable bonds is 4. The zero-order chi connectivity index (χ0) is 17.5. The zero-order valence-corrected chi connectivity index (χ0v) is 15.9. The summed E-state index contributed by atoms with van der Waals surface area (Å²) in [5.41, 5.74) is -0.357. The molecule has 3 rings (SSSR count). The highest BCUT2D eigenvalue weighted by Crippen LogP contribution is 2.52. The number of nitrogens with one attached hydrogen (secondary N) is 1. The van der Waals surface area contributed by atoms with E-state index in [2.05, 4.69) is 27.9 Å². The molecule has 0 spiro atoms. The largest absolute Gasteiger partial charge is 0.479 e. The van der Waals surface area contributed by atoms with Gasteiger partial charge in [0.1, 0.15) is 5.54 Å². The van der Waals surface area contributed by atoms with Crippen LogP contribution in [0.4, 0.5) is 0 Å². The van der Waals surface area contributed by atoms with Crippen LogP contribution in [0.5, 0.6) is 0 Å². The van der Waals surface area contributed by atoms with E-state index in [1.807, 2.05) is 24.3 Å². The first-order valence-corrected chi connectivity index (χ1v) is 8.94. The summed E-state index contributed by atoms with van der Waals surface area (Å²) in [5.74, 6) is -1.93. The molecule has 1 aliphatic rings. The molecule has 0 aromatic heterocycles. The quantitative estimate of drug-likeness (QED) is 0.646. The van der Waals surface area contributed by atoms with Crippen molar-refractivity contribution in [1.29, 1.82) is 0 Å². The van der Waals surface area contributed by atoms with E-state index in [4.69, 9.17) is 23.2 Å². The first kappa shape index (κ1) is 17.5. The third-order valence-corrected chi connectivity index (χ3v) is 5.49. The second kappa shape index (κ2) is 6.54. The molecule has 124 valence electrons. The van der Waals surface area contributed by atoms with Gasteiger partial charge in [-0.1, -0.05) is 41.4 Å². The molecule has 0 heterocycles. The number of hydrogen-bond acceptors (Lipinski definition) is 2. The Morgan fingerprint density at radius 2 is 1.71 bits per heavy atom. The van der Waals surface area contributed by atoms with Crippen molar-refractivity contribution in [3.05, 3.63) is 67.2 Å². The first-order chi connectivity index (χ1) is 11.3. The Bertz CT molecular complexity index is 805. The SMILES string of the molecule is O=C(NC1(C(=O)O)CC1c1ccc(I)cc1)c1c(Cl)cccc1Cl. The van der Waals surface area contributed by atoms with E-state index in [1.54, 1.807) is 18.2 Å². The van der Waals surface area contributed by atoms with Crippen molar-refractivity contribution in [3.8, 4) is 0 Å². The Kier molecular flexibility index (Phi) is 4.77. The lowest BCUT2D eigenvalue weighted by Crippen LogP contribution is -2.44. The monoisotopic (exact) mass is 475 g/mol. The van der Waals surface area contributed by atoms with Crippen molar-refractivity contribution >= 4 is 57.7 Å². The standard InChI is InChI=1S/C17H12Cl2INO3/c18-12-2-1-3-13(19)14(12)15(22)21-17(16(23)24)8-11(17)9-4-6-10(20)7-5-9/h1-7,11H,8H2,(H,21,22)(H,23,24). The topological polar surface area (TPSA) is 66.4 Å². The van der Waals surface area contributed by atoms with E-state index in [0.29, 0.717) is 6.42 Å². The predicted molar refractivity (Wildman–Crippen MR) is 101 cm³/mol. The lowest BCUT2D eigenvalue weighted by molar-refractivity contribution is -0.140. The molecule has 1 saturated carbocycles. The maximum atomic E-state index is 12.5. The maximum absolute atomic E-state index is 12.5. The van der Waals surface area contributed by atoms with E-state index in [1.165, 1.54) is 0 Å². The van der Waals surface area contributed by atoms with Gasteiger partial charge < -0.3 is 10.4 Å². The Labute approximate surface area is 162 Å². The summed E-state index contributed by atoms with van der Waals surface area (Å²) in [6.45, 7) is 0. The summed E-state index contributed by atoms with van der Waals surface area (Å²) >= 11 is 14.2. The third kappa shape index (κ3) is 3.12. The summed E-state index contributed by atoms with van der Waals surface area (Å²) in [4.78, 5) is 24.3. The minimum atomic E-state index is -1.33. The van der Waals surface area contributed by atoms with Crippen LogP contribution < -0.4 is 5.32 Å². The molecule has 2 unspecified atom stereocenters. The number of carboxylic acid groups (broad SMARTS) is 1. The number of halogens is 3. The normalized spacial score (nSPS) is 22.0. The summed E-state index contributed by atoms with van der Waals surface area (Å²) in [6, 6.07) is 12.3. The predicted octanol–water partition coefficient (Wildman–Crippen LogP) is 4.34. The fourth-order valence-corrected chi connectivity index (χ4v) is 3.70. The van der Waals surface area contributed by atoms with Gasteiger partial charge in [-0.3, -0.25) is 4.79 Å². The van der Waals surface area contributed by atoms with Crippen LogP contribution in [0.1, 0.15) is 28.3 Å². The molecule has 24 heavy (non-hydrogen) atoms. The van der Waals surface area contributed by atoms with Gasteiger partial charge in [0, 0.05) is 9.49 Å². The number of benzene rings is 2. The van der Waals surface area contributed by atoms with Crippen LogP contribution in [-0.2, 0) is 4.79 Å². The van der Waals surface area contributed by atoms with Crippen molar-refractivity contribution in [3.63, 3.8) is 0 Å². The highest BCUT2D eigenvalue weighted by atomic mass is 127. The minimum Gasteiger partial charge on any atom is -0.479 e. The first-order valence-electron chi connectivity index (χ1n) is 7.10. The summed E-state index contributed by atoms with van der Waals surface area (Å²) in [5, 5.41) is 12.6. The summed E-state index contributed by atoms with van der Waals surface area (Å²) in [6.07, 6.45) is 0.330. The van der Waals surface area contributed by atoms with Crippen LogP contribution in [0.15, 0.2) is 42.5 Å². The van der Waals surface area contributed by atoms with Crippen LogP contribution in [0.2, 0.25) is 10.0 Å². The molecule has 1 fully saturated rings. The molecule has 2 aromatic carbocycles. The average Bonchev–Trinajstić information content (AvgIpc) is 3.23. The van der Waals surface area contributed by atoms with Gasteiger partial charge in [-0.05, 0) is 58.8 Å². The lowest BCUT2D eigenvalue weighted by Gasteiger charge is -2.16. The van der Waals surface area contributed by atoms with Crippen molar-refractivity contribution in [2.75, 3.05) is 0 Å². The fraction of sp³-hybridized carbons (Fsp3) is 0.176. The summed E-state index contributed by atoms with van der Waals surface area (Å²) in [7, 11) is 0. The fourth-order valence-electron chi connectivity index (χ4n) is 2.77. The van der Waals surface area contributed by atoms with Gasteiger partial charge in [-0.15, -0.1) is 0 Å². The van der Waals surface area contributed by atoms with Crippen LogP contribution in [-0.4, -0.2) is 22.5 Å². The van der Waals surface area contributed by atoms with Crippen molar-refractivity contribution in [2.45, 2.75) is 17.9 Å². The second-order valence-electron chi connectivity index (χ2n) is 5.64. The molecule has 0 saturated heterocycles. The Morgan fingerprint density at radius 1 is 1.12 bits per heavy atom. The number of carbonyl (C=O) groups is 2. The molecule has 0 bridgehead atoms. The molecule has 7 heteroatoms. The Hall–Kier alpha value is -1.31. The highest BCUT2D eigenvalue weighted by Gasteiger charge is 2.62. The maximum Gasteiger partial charge on any atom is 0.330 e. The van der Waals surface area contributed by atoms with Crippen molar-refractivity contribution in [1.82, 2.24) is 5.32 Å². The average molecular weight is 476 g/mol. The van der Waals surface area contributed by atoms with Crippen molar-refractivity contribution < 1.29 is 14.7 Å². The zero-order valence-electron chi connectivity index (χ0n) is 12.2. The van der Waals surface area contributed by atoms with E-state index in [9.17, 15) is 14.7 Å². The van der Waals surface area contributed by atoms with Crippen LogP contribution >= 0.6 is 45.8 Å². The van der Waals surface area contributed by atoms with Gasteiger partial charge in [-0.2, -0.15) is 0 Å². The van der Waals surface area contributed by atoms with Gasteiger partial charge in [0.2, 0.25) is 0 Å². The van der Waals surface area contributed by atoms with Gasteiger partial charge in [-0.25, -0.2) is 4.79 Å². The van der Waals surface area contributed by atoms with Gasteiger partial charge >= 0.3 is 5.97 Å². The number of aliphatic carboxylic acids is 1. The number of amides is 1. The molecular formula is C17H12Cl2INO3. The molecule has 2 aromatic rings. The molecule has 1 aliphatic carbocycles. The molecule has 4 nitrogen and oxygen atoms in total. The molecule has 1 amide bonds. The van der Waals surface area contributed by atoms with Crippen LogP contribution in [0.25, 0.3) is 0 Å². The van der Waals surface area contributed by atoms with Crippen molar-refractivity contribution in [2.24, 2.45) is 0 Å². The lowest BCUT2D eigenvalue weighted by atomic mass is 10.1. The molecular weight excluding hydrogens is 464 g/mol. The summed E-state index contributed by atoms with van der Waals surface area (Å²) < 4.78 is 1.06. The number of hydrogen-bond donors (Lipinski definition) is 2. The molecule has 2 atom stereocenters. The van der Waals surface area contributed by atoms with E-state index < -0.39 is 17.4 Å². The number of carbonyl (C=O) groups excluding carboxylic acids is 1. The molecule has 0 aliphatic heterocycles. The third-order valence-electron chi connectivity index (χ3n) is 4.14. The van der Waals surface area contributed by atoms with E-state index in [-0.39, 0.29) is 21.5 Å². The van der Waals surface area contributed by atoms with Crippen LogP contribution in [0, 0.1) is 3.57 Å². The molecule has 2 N–H and O–H groups in total. The van der Waals surface area contributed by atoms with Gasteiger partial charge in [0.05, 0.1) is 15.6 Å². The second-order valence-corrected chi connectivity index (χ2v) is 7.70. The Morgan fingerprint density at radius 3 is 2.25 bits per heavy atom. The van der Waals surface area contributed by atoms with E-state index in [0.717, 1.165) is 9.13 Å². The van der Waals surface area contributed by atoms with Gasteiger partial charge in [0.25, 0.3) is 5.91 Å².